The average Bonchev–Trinajstić information content (AvgIpc) is 2.43. The van der Waals surface area contributed by atoms with Crippen LogP contribution in [0, 0.1) is 9.39 Å². The van der Waals surface area contributed by atoms with Gasteiger partial charge in [0.05, 0.1) is 10.7 Å². The van der Waals surface area contributed by atoms with Crippen LogP contribution in [0.25, 0.3) is 0 Å². The molecule has 6 heteroatoms. The molecule has 0 saturated carbocycles. The van der Waals surface area contributed by atoms with Crippen LogP contribution < -0.4 is 10.1 Å². The van der Waals surface area contributed by atoms with Gasteiger partial charge in [0.2, 0.25) is 0 Å². The lowest BCUT2D eigenvalue weighted by Gasteiger charge is -2.08. The van der Waals surface area contributed by atoms with E-state index in [-0.39, 0.29) is 11.5 Å². The zero-order valence-electron chi connectivity index (χ0n) is 10.5. The minimum absolute atomic E-state index is 0.0370. The molecule has 0 unspecified atom stereocenters. The van der Waals surface area contributed by atoms with Crippen molar-refractivity contribution in [2.75, 3.05) is 12.4 Å². The van der Waals surface area contributed by atoms with E-state index in [1.165, 1.54) is 31.4 Å². The second-order valence-electron chi connectivity index (χ2n) is 3.97. The van der Waals surface area contributed by atoms with Crippen molar-refractivity contribution < 1.29 is 19.0 Å². The van der Waals surface area contributed by atoms with E-state index in [2.05, 4.69) is 5.32 Å². The lowest BCUT2D eigenvalue weighted by atomic mass is 10.2. The molecule has 0 heterocycles. The molecule has 0 bridgehead atoms. The Labute approximate surface area is 128 Å². The molecule has 0 saturated heterocycles. The van der Waals surface area contributed by atoms with Gasteiger partial charge in [-0.2, -0.15) is 0 Å². The number of methoxy groups -OCH3 is 1. The van der Waals surface area contributed by atoms with Gasteiger partial charge in [0.15, 0.2) is 11.6 Å². The molecular formula is C14H11FINO3. The number of phenolic OH excluding ortho intramolecular Hbond substituents is 1. The van der Waals surface area contributed by atoms with Crippen LogP contribution in [0.15, 0.2) is 36.4 Å². The summed E-state index contributed by atoms with van der Waals surface area (Å²) in [5.74, 6) is -0.814. The molecule has 2 aromatic carbocycles. The molecule has 0 spiro atoms. The fraction of sp³-hybridized carbons (Fsp3) is 0.0714. The fourth-order valence-corrected chi connectivity index (χ4v) is 1.93. The normalized spacial score (nSPS) is 10.2. The van der Waals surface area contributed by atoms with E-state index in [4.69, 9.17) is 4.74 Å². The van der Waals surface area contributed by atoms with Crippen molar-refractivity contribution >= 4 is 34.2 Å². The highest BCUT2D eigenvalue weighted by atomic mass is 127. The zero-order valence-corrected chi connectivity index (χ0v) is 12.6. The number of anilines is 1. The molecule has 1 amide bonds. The Kier molecular flexibility index (Phi) is 4.43. The molecule has 0 aliphatic rings. The number of halogens is 2. The number of carbonyl (C=O) groups excluding carboxylic acids is 1. The van der Waals surface area contributed by atoms with E-state index in [9.17, 15) is 14.3 Å². The first-order valence-corrected chi connectivity index (χ1v) is 6.72. The molecule has 0 atom stereocenters. The van der Waals surface area contributed by atoms with Crippen molar-refractivity contribution in [2.45, 2.75) is 0 Å². The minimum atomic E-state index is -0.502. The first kappa shape index (κ1) is 14.6. The number of benzene rings is 2. The highest BCUT2D eigenvalue weighted by Crippen LogP contribution is 2.23. The number of amides is 1. The maximum Gasteiger partial charge on any atom is 0.255 e. The summed E-state index contributed by atoms with van der Waals surface area (Å²) in [5, 5.41) is 12.2. The van der Waals surface area contributed by atoms with Crippen molar-refractivity contribution in [2.24, 2.45) is 0 Å². The highest BCUT2D eigenvalue weighted by Gasteiger charge is 2.10. The van der Waals surface area contributed by atoms with Crippen LogP contribution in [0.3, 0.4) is 0 Å². The molecule has 0 aromatic heterocycles. The van der Waals surface area contributed by atoms with Gasteiger partial charge in [-0.15, -0.1) is 0 Å². The second kappa shape index (κ2) is 6.08. The monoisotopic (exact) mass is 387 g/mol. The number of carbonyl (C=O) groups is 1. The standard InChI is InChI=1S/C14H11FINO3/c1-20-13-7-9(3-4-10(13)15)17-14(19)8-2-5-11(16)12(18)6-8/h2-7,18H,1H3,(H,17,19). The maximum absolute atomic E-state index is 13.3. The average molecular weight is 387 g/mol. The van der Waals surface area contributed by atoms with E-state index in [0.717, 1.165) is 0 Å². The molecule has 2 aromatic rings. The molecule has 20 heavy (non-hydrogen) atoms. The Morgan fingerprint density at radius 2 is 2.05 bits per heavy atom. The lowest BCUT2D eigenvalue weighted by Crippen LogP contribution is -2.12. The smallest absolute Gasteiger partial charge is 0.255 e. The summed E-state index contributed by atoms with van der Waals surface area (Å²) >= 11 is 1.96. The summed E-state index contributed by atoms with van der Waals surface area (Å²) in [6, 6.07) is 8.63. The minimum Gasteiger partial charge on any atom is -0.507 e. The summed E-state index contributed by atoms with van der Waals surface area (Å²) < 4.78 is 18.8. The number of phenols is 1. The number of nitrogens with one attached hydrogen (secondary N) is 1. The maximum atomic E-state index is 13.3. The van der Waals surface area contributed by atoms with E-state index in [1.54, 1.807) is 12.1 Å². The zero-order chi connectivity index (χ0) is 14.7. The number of hydrogen-bond donors (Lipinski definition) is 2. The number of aromatic hydroxyl groups is 1. The lowest BCUT2D eigenvalue weighted by molar-refractivity contribution is 0.102. The first-order valence-electron chi connectivity index (χ1n) is 5.64. The van der Waals surface area contributed by atoms with Crippen LogP contribution in [0.5, 0.6) is 11.5 Å². The highest BCUT2D eigenvalue weighted by molar-refractivity contribution is 14.1. The van der Waals surface area contributed by atoms with Crippen LogP contribution >= 0.6 is 22.6 Å². The molecule has 0 aliphatic heterocycles. The fourth-order valence-electron chi connectivity index (χ4n) is 1.59. The molecule has 0 fully saturated rings. The second-order valence-corrected chi connectivity index (χ2v) is 5.13. The van der Waals surface area contributed by atoms with Crippen molar-refractivity contribution in [1.82, 2.24) is 0 Å². The van der Waals surface area contributed by atoms with Gasteiger partial charge in [0, 0.05) is 17.3 Å². The third kappa shape index (κ3) is 3.19. The van der Waals surface area contributed by atoms with E-state index < -0.39 is 11.7 Å². The molecular weight excluding hydrogens is 376 g/mol. The Hall–Kier alpha value is -1.83. The van der Waals surface area contributed by atoms with Gasteiger partial charge in [0.25, 0.3) is 5.91 Å². The van der Waals surface area contributed by atoms with Gasteiger partial charge in [-0.25, -0.2) is 4.39 Å². The Morgan fingerprint density at radius 1 is 1.30 bits per heavy atom. The molecule has 2 rings (SSSR count). The van der Waals surface area contributed by atoms with E-state index in [0.29, 0.717) is 14.8 Å². The number of rotatable bonds is 3. The van der Waals surface area contributed by atoms with Gasteiger partial charge < -0.3 is 15.2 Å². The van der Waals surface area contributed by atoms with E-state index in [1.807, 2.05) is 22.6 Å². The topological polar surface area (TPSA) is 58.6 Å². The molecule has 104 valence electrons. The molecule has 0 aliphatic carbocycles. The third-order valence-corrected chi connectivity index (χ3v) is 3.53. The number of hydrogen-bond acceptors (Lipinski definition) is 3. The molecule has 0 radical (unpaired) electrons. The number of ether oxygens (including phenoxy) is 1. The third-order valence-electron chi connectivity index (χ3n) is 2.62. The van der Waals surface area contributed by atoms with E-state index >= 15 is 0 Å². The Bertz CT molecular complexity index is 661. The van der Waals surface area contributed by atoms with Gasteiger partial charge in [0.1, 0.15) is 5.75 Å². The van der Waals surface area contributed by atoms with Crippen molar-refractivity contribution in [3.8, 4) is 11.5 Å². The SMILES string of the molecule is COc1cc(NC(=O)c2ccc(I)c(O)c2)ccc1F. The van der Waals surface area contributed by atoms with Crippen LogP contribution in [0.2, 0.25) is 0 Å². The Balaban J connectivity index is 2.21. The van der Waals surface area contributed by atoms with Gasteiger partial charge >= 0.3 is 0 Å². The Morgan fingerprint density at radius 3 is 2.70 bits per heavy atom. The van der Waals surface area contributed by atoms with Crippen LogP contribution in [-0.4, -0.2) is 18.1 Å². The first-order chi connectivity index (χ1) is 9.51. The van der Waals surface area contributed by atoms with Gasteiger partial charge in [-0.1, -0.05) is 0 Å². The van der Waals surface area contributed by atoms with Gasteiger partial charge in [-0.05, 0) is 52.9 Å². The van der Waals surface area contributed by atoms with Crippen LogP contribution in [-0.2, 0) is 0 Å². The summed E-state index contributed by atoms with van der Waals surface area (Å²) in [6.07, 6.45) is 0. The summed E-state index contributed by atoms with van der Waals surface area (Å²) in [6.45, 7) is 0. The summed E-state index contributed by atoms with van der Waals surface area (Å²) in [4.78, 5) is 12.0. The summed E-state index contributed by atoms with van der Waals surface area (Å²) in [7, 11) is 1.35. The summed E-state index contributed by atoms with van der Waals surface area (Å²) in [5.41, 5.74) is 0.720. The van der Waals surface area contributed by atoms with Crippen molar-refractivity contribution in [3.05, 3.63) is 51.3 Å². The predicted molar refractivity (Wildman–Crippen MR) is 81.7 cm³/mol. The molecule has 4 nitrogen and oxygen atoms in total. The largest absolute Gasteiger partial charge is 0.507 e. The predicted octanol–water partition coefficient (Wildman–Crippen LogP) is 3.40. The van der Waals surface area contributed by atoms with Crippen LogP contribution in [0.4, 0.5) is 10.1 Å². The molecule has 2 N–H and O–H groups in total. The quantitative estimate of drug-likeness (QED) is 0.794. The van der Waals surface area contributed by atoms with Crippen molar-refractivity contribution in [3.63, 3.8) is 0 Å². The van der Waals surface area contributed by atoms with Gasteiger partial charge in [-0.3, -0.25) is 4.79 Å². The van der Waals surface area contributed by atoms with Crippen LogP contribution in [0.1, 0.15) is 10.4 Å². The van der Waals surface area contributed by atoms with Crippen molar-refractivity contribution in [1.29, 1.82) is 0 Å².